The van der Waals surface area contributed by atoms with Gasteiger partial charge in [0.05, 0.1) is 12.2 Å². The monoisotopic (exact) mass is 722 g/mol. The quantitative estimate of drug-likeness (QED) is 0.118. The molecule has 0 spiro atoms. The Morgan fingerprint density at radius 1 is 1.06 bits per heavy atom. The van der Waals surface area contributed by atoms with Crippen molar-refractivity contribution in [3.05, 3.63) is 99.3 Å². The first-order chi connectivity index (χ1) is 22.1. The molecule has 47 heavy (non-hydrogen) atoms. The zero-order valence-corrected chi connectivity index (χ0v) is 27.6. The number of hydrogen-bond acceptors (Lipinski definition) is 7. The van der Waals surface area contributed by atoms with E-state index < -0.39 is 53.2 Å². The van der Waals surface area contributed by atoms with Gasteiger partial charge in [0.1, 0.15) is 17.2 Å². The van der Waals surface area contributed by atoms with E-state index in [2.05, 4.69) is 21.2 Å². The second kappa shape index (κ2) is 14.8. The number of carbonyl (C=O) groups is 2. The van der Waals surface area contributed by atoms with Crippen LogP contribution in [0.15, 0.2) is 76.2 Å². The summed E-state index contributed by atoms with van der Waals surface area (Å²) in [5, 5.41) is 11.6. The third-order valence-electron chi connectivity index (χ3n) is 7.09. The number of nitrogens with one attached hydrogen (secondary N) is 1. The van der Waals surface area contributed by atoms with E-state index in [0.717, 1.165) is 12.1 Å². The first kappa shape index (κ1) is 35.9. The molecule has 3 aromatic rings. The number of benzene rings is 3. The standard InChI is InChI=1S/C34H35BrF4N2O6/c1-32(2,3)47-28(43)13-14-33(31(44)40-20-21-17-23(34(37,38)39)19-24(36)18-21)29(26-7-4-5-8-27(26)35)46-30(41-33)22-9-11-25(12-10-22)45-16-6-15-42/h4-5,7-12,17-19,29,42H,6,13-16,20H2,1-3H3,(H,40,44)/t29-,33-/m1/s1. The maximum atomic E-state index is 14.3. The van der Waals surface area contributed by atoms with Crippen LogP contribution in [-0.4, -0.2) is 47.2 Å². The molecule has 1 amide bonds. The number of ether oxygens (including phenoxy) is 3. The highest BCUT2D eigenvalue weighted by Gasteiger charge is 2.54. The van der Waals surface area contributed by atoms with Gasteiger partial charge in [0.15, 0.2) is 11.6 Å². The van der Waals surface area contributed by atoms with Crippen molar-refractivity contribution in [2.24, 2.45) is 4.99 Å². The number of carbonyl (C=O) groups excluding carboxylic acids is 2. The molecule has 0 saturated carbocycles. The summed E-state index contributed by atoms with van der Waals surface area (Å²) in [5.74, 6) is -1.84. The van der Waals surface area contributed by atoms with Crippen molar-refractivity contribution in [2.45, 2.75) is 70.0 Å². The molecule has 4 rings (SSSR count). The van der Waals surface area contributed by atoms with Gasteiger partial charge in [-0.1, -0.05) is 34.1 Å². The summed E-state index contributed by atoms with van der Waals surface area (Å²) in [6.45, 7) is 4.95. The van der Waals surface area contributed by atoms with E-state index in [9.17, 15) is 27.2 Å². The minimum atomic E-state index is -4.79. The van der Waals surface area contributed by atoms with Gasteiger partial charge in [-0.3, -0.25) is 9.59 Å². The van der Waals surface area contributed by atoms with Gasteiger partial charge < -0.3 is 24.6 Å². The smallest absolute Gasteiger partial charge is 0.416 e. The lowest BCUT2D eigenvalue weighted by molar-refractivity contribution is -0.155. The number of halogens is 5. The number of alkyl halides is 3. The summed E-state index contributed by atoms with van der Waals surface area (Å²) in [6, 6.07) is 15.7. The highest BCUT2D eigenvalue weighted by atomic mass is 79.9. The van der Waals surface area contributed by atoms with Crippen LogP contribution >= 0.6 is 15.9 Å². The highest BCUT2D eigenvalue weighted by Crippen LogP contribution is 2.45. The van der Waals surface area contributed by atoms with Crippen LogP contribution in [0.3, 0.4) is 0 Å². The van der Waals surface area contributed by atoms with E-state index in [1.807, 2.05) is 0 Å². The van der Waals surface area contributed by atoms with Crippen molar-refractivity contribution in [2.75, 3.05) is 13.2 Å². The van der Waals surface area contributed by atoms with Gasteiger partial charge in [-0.25, -0.2) is 9.38 Å². The van der Waals surface area contributed by atoms with Crippen LogP contribution < -0.4 is 10.1 Å². The largest absolute Gasteiger partial charge is 0.494 e. The lowest BCUT2D eigenvalue weighted by Gasteiger charge is -2.31. The number of nitrogens with zero attached hydrogens (tertiary/aromatic N) is 1. The third kappa shape index (κ3) is 9.32. The molecule has 13 heteroatoms. The Morgan fingerprint density at radius 2 is 1.77 bits per heavy atom. The Bertz CT molecular complexity index is 1610. The molecule has 0 radical (unpaired) electrons. The molecule has 1 aliphatic rings. The molecule has 3 aromatic carbocycles. The van der Waals surface area contributed by atoms with Gasteiger partial charge >= 0.3 is 12.1 Å². The Morgan fingerprint density at radius 3 is 2.40 bits per heavy atom. The van der Waals surface area contributed by atoms with E-state index >= 15 is 0 Å². The molecule has 0 fully saturated rings. The van der Waals surface area contributed by atoms with Crippen LogP contribution in [0.4, 0.5) is 17.6 Å². The van der Waals surface area contributed by atoms with Gasteiger partial charge in [0.25, 0.3) is 5.91 Å². The SMILES string of the molecule is CC(C)(C)OC(=O)CC[C@@]1(C(=O)NCc2cc(F)cc(C(F)(F)F)c2)N=C(c2ccc(OCCCO)cc2)O[C@@H]1c1ccccc1Br. The van der Waals surface area contributed by atoms with Crippen LogP contribution in [0.2, 0.25) is 0 Å². The fourth-order valence-corrected chi connectivity index (χ4v) is 5.46. The summed E-state index contributed by atoms with van der Waals surface area (Å²) in [6.07, 6.45) is -5.87. The molecule has 8 nitrogen and oxygen atoms in total. The topological polar surface area (TPSA) is 106 Å². The molecule has 2 atom stereocenters. The minimum absolute atomic E-state index is 0.0185. The lowest BCUT2D eigenvalue weighted by Crippen LogP contribution is -2.48. The van der Waals surface area contributed by atoms with Crippen molar-refractivity contribution < 1.29 is 46.5 Å². The third-order valence-corrected chi connectivity index (χ3v) is 7.81. The molecular formula is C34H35BrF4N2O6. The Hall–Kier alpha value is -3.97. The van der Waals surface area contributed by atoms with Crippen molar-refractivity contribution in [3.63, 3.8) is 0 Å². The summed E-state index contributed by atoms with van der Waals surface area (Å²) >= 11 is 3.52. The number of rotatable bonds is 12. The van der Waals surface area contributed by atoms with Crippen LogP contribution in [0.25, 0.3) is 0 Å². The van der Waals surface area contributed by atoms with Gasteiger partial charge in [-0.2, -0.15) is 13.2 Å². The molecule has 0 bridgehead atoms. The zero-order chi connectivity index (χ0) is 34.4. The molecule has 0 unspecified atom stereocenters. The van der Waals surface area contributed by atoms with Crippen molar-refractivity contribution in [3.8, 4) is 5.75 Å². The van der Waals surface area contributed by atoms with Crippen molar-refractivity contribution >= 4 is 33.7 Å². The Balaban J connectivity index is 1.75. The average Bonchev–Trinajstić information content (AvgIpc) is 3.38. The first-order valence-electron chi connectivity index (χ1n) is 14.8. The van der Waals surface area contributed by atoms with Gasteiger partial charge in [-0.05, 0) is 81.3 Å². The number of aliphatic hydroxyl groups is 1. The number of amides is 1. The maximum absolute atomic E-state index is 14.3. The lowest BCUT2D eigenvalue weighted by atomic mass is 9.83. The van der Waals surface area contributed by atoms with Gasteiger partial charge in [0, 0.05) is 41.6 Å². The maximum Gasteiger partial charge on any atom is 0.416 e. The molecule has 0 saturated heterocycles. The molecule has 0 aromatic heterocycles. The average molecular weight is 724 g/mol. The molecule has 0 aliphatic carbocycles. The van der Waals surface area contributed by atoms with Crippen molar-refractivity contribution in [1.29, 1.82) is 0 Å². The summed E-state index contributed by atoms with van der Waals surface area (Å²) in [5.41, 5.74) is -2.90. The number of aliphatic imine (C=N–C) groups is 1. The minimum Gasteiger partial charge on any atom is -0.494 e. The normalized spacial score (nSPS) is 17.9. The van der Waals surface area contributed by atoms with E-state index in [-0.39, 0.29) is 30.9 Å². The molecule has 252 valence electrons. The van der Waals surface area contributed by atoms with E-state index in [0.29, 0.717) is 40.4 Å². The summed E-state index contributed by atoms with van der Waals surface area (Å²) in [7, 11) is 0. The summed E-state index contributed by atoms with van der Waals surface area (Å²) < 4.78 is 72.4. The zero-order valence-electron chi connectivity index (χ0n) is 26.0. The fraction of sp³-hybridized carbons (Fsp3) is 0.382. The van der Waals surface area contributed by atoms with Crippen LogP contribution in [0, 0.1) is 5.82 Å². The number of hydrogen-bond donors (Lipinski definition) is 2. The van der Waals surface area contributed by atoms with E-state index in [4.69, 9.17) is 24.3 Å². The predicted molar refractivity (Wildman–Crippen MR) is 169 cm³/mol. The fourth-order valence-electron chi connectivity index (χ4n) is 4.97. The molecule has 1 heterocycles. The Labute approximate surface area is 278 Å². The van der Waals surface area contributed by atoms with Crippen LogP contribution in [-0.2, 0) is 31.8 Å². The predicted octanol–water partition coefficient (Wildman–Crippen LogP) is 7.06. The summed E-state index contributed by atoms with van der Waals surface area (Å²) in [4.78, 5) is 31.9. The second-order valence-corrected chi connectivity index (χ2v) is 12.8. The van der Waals surface area contributed by atoms with Gasteiger partial charge in [0.2, 0.25) is 5.90 Å². The molecular weight excluding hydrogens is 688 g/mol. The van der Waals surface area contributed by atoms with Crippen molar-refractivity contribution in [1.82, 2.24) is 5.32 Å². The first-order valence-corrected chi connectivity index (χ1v) is 15.6. The molecule has 2 N–H and O–H groups in total. The van der Waals surface area contributed by atoms with E-state index in [1.54, 1.807) is 69.3 Å². The van der Waals surface area contributed by atoms with Gasteiger partial charge in [-0.15, -0.1) is 0 Å². The Kier molecular flexibility index (Phi) is 11.3. The highest BCUT2D eigenvalue weighted by molar-refractivity contribution is 9.10. The van der Waals surface area contributed by atoms with E-state index in [1.165, 1.54) is 0 Å². The number of aliphatic hydroxyl groups excluding tert-OH is 1. The molecule has 1 aliphatic heterocycles. The van der Waals surface area contributed by atoms with Crippen LogP contribution in [0.5, 0.6) is 5.75 Å². The second-order valence-electron chi connectivity index (χ2n) is 11.9. The van der Waals surface area contributed by atoms with Crippen LogP contribution in [0.1, 0.15) is 68.4 Å². The number of esters is 1.